The van der Waals surface area contributed by atoms with Crippen molar-refractivity contribution in [2.45, 2.75) is 6.92 Å². The summed E-state index contributed by atoms with van der Waals surface area (Å²) in [5.74, 6) is 2.80. The summed E-state index contributed by atoms with van der Waals surface area (Å²) in [5.41, 5.74) is 1.75. The molecule has 98 valence electrons. The second-order valence-electron chi connectivity index (χ2n) is 4.16. The number of anilines is 3. The van der Waals surface area contributed by atoms with Crippen LogP contribution < -0.4 is 20.1 Å². The second kappa shape index (κ2) is 4.64. The quantitative estimate of drug-likeness (QED) is 0.880. The highest BCUT2D eigenvalue weighted by atomic mass is 16.7. The van der Waals surface area contributed by atoms with Crippen LogP contribution in [0, 0.1) is 6.92 Å². The maximum Gasteiger partial charge on any atom is 0.231 e. The predicted molar refractivity (Wildman–Crippen MR) is 72.2 cm³/mol. The molecule has 0 bridgehead atoms. The van der Waals surface area contributed by atoms with E-state index in [1.807, 2.05) is 38.2 Å². The van der Waals surface area contributed by atoms with Gasteiger partial charge < -0.3 is 20.1 Å². The molecule has 1 aliphatic heterocycles. The third-order valence-corrected chi connectivity index (χ3v) is 2.74. The van der Waals surface area contributed by atoms with Gasteiger partial charge in [-0.2, -0.15) is 4.98 Å². The lowest BCUT2D eigenvalue weighted by atomic mass is 10.3. The van der Waals surface area contributed by atoms with Gasteiger partial charge >= 0.3 is 0 Å². The van der Waals surface area contributed by atoms with Crippen molar-refractivity contribution in [1.82, 2.24) is 9.97 Å². The lowest BCUT2D eigenvalue weighted by Crippen LogP contribution is -2.02. The van der Waals surface area contributed by atoms with E-state index in [1.54, 1.807) is 0 Å². The van der Waals surface area contributed by atoms with Crippen molar-refractivity contribution < 1.29 is 9.47 Å². The Labute approximate surface area is 110 Å². The minimum Gasteiger partial charge on any atom is -0.454 e. The predicted octanol–water partition coefficient (Wildman–Crippen LogP) is 2.30. The highest BCUT2D eigenvalue weighted by Gasteiger charge is 2.13. The van der Waals surface area contributed by atoms with E-state index in [-0.39, 0.29) is 6.79 Å². The Morgan fingerprint density at radius 2 is 1.95 bits per heavy atom. The molecule has 0 amide bonds. The first-order valence-electron chi connectivity index (χ1n) is 5.95. The SMILES string of the molecule is CNc1cc(C)nc(Nc2ccc3c(c2)OCO3)n1. The molecule has 0 atom stereocenters. The van der Waals surface area contributed by atoms with Crippen molar-refractivity contribution in [3.63, 3.8) is 0 Å². The van der Waals surface area contributed by atoms with Crippen LogP contribution in [0.15, 0.2) is 24.3 Å². The van der Waals surface area contributed by atoms with Crippen molar-refractivity contribution >= 4 is 17.5 Å². The van der Waals surface area contributed by atoms with Gasteiger partial charge in [0.1, 0.15) is 5.82 Å². The maximum absolute atomic E-state index is 5.33. The molecule has 19 heavy (non-hydrogen) atoms. The van der Waals surface area contributed by atoms with E-state index in [9.17, 15) is 0 Å². The average molecular weight is 258 g/mol. The summed E-state index contributed by atoms with van der Waals surface area (Å²) in [6.07, 6.45) is 0. The van der Waals surface area contributed by atoms with Crippen LogP contribution in [0.2, 0.25) is 0 Å². The van der Waals surface area contributed by atoms with E-state index in [4.69, 9.17) is 9.47 Å². The number of benzene rings is 1. The molecule has 1 aromatic heterocycles. The summed E-state index contributed by atoms with van der Waals surface area (Å²) in [6.45, 7) is 2.19. The van der Waals surface area contributed by atoms with Gasteiger partial charge in [0.2, 0.25) is 12.7 Å². The highest BCUT2D eigenvalue weighted by Crippen LogP contribution is 2.34. The number of hydrogen-bond donors (Lipinski definition) is 2. The lowest BCUT2D eigenvalue weighted by molar-refractivity contribution is 0.174. The summed E-state index contributed by atoms with van der Waals surface area (Å²) >= 11 is 0. The van der Waals surface area contributed by atoms with Gasteiger partial charge in [-0.1, -0.05) is 0 Å². The second-order valence-corrected chi connectivity index (χ2v) is 4.16. The van der Waals surface area contributed by atoms with Gasteiger partial charge in [-0.05, 0) is 19.1 Å². The molecule has 1 aliphatic rings. The van der Waals surface area contributed by atoms with E-state index >= 15 is 0 Å². The van der Waals surface area contributed by atoms with Gasteiger partial charge in [0, 0.05) is 30.6 Å². The molecule has 6 heteroatoms. The normalized spacial score (nSPS) is 12.3. The third kappa shape index (κ3) is 2.37. The molecular formula is C13H14N4O2. The smallest absolute Gasteiger partial charge is 0.231 e. The molecule has 2 N–H and O–H groups in total. The molecule has 0 spiro atoms. The summed E-state index contributed by atoms with van der Waals surface area (Å²) in [6, 6.07) is 7.51. The Bertz CT molecular complexity index is 616. The standard InChI is InChI=1S/C13H14N4O2/c1-8-5-12(14-2)17-13(15-8)16-9-3-4-10-11(6-9)19-7-18-10/h3-6H,7H2,1-2H3,(H2,14,15,16,17). The zero-order valence-electron chi connectivity index (χ0n) is 10.7. The Morgan fingerprint density at radius 3 is 2.79 bits per heavy atom. The molecule has 2 aromatic rings. The Balaban J connectivity index is 1.86. The molecule has 0 radical (unpaired) electrons. The molecule has 1 aromatic carbocycles. The number of nitrogens with one attached hydrogen (secondary N) is 2. The van der Waals surface area contributed by atoms with Crippen LogP contribution in [0.25, 0.3) is 0 Å². The van der Waals surface area contributed by atoms with Crippen LogP contribution in [0.5, 0.6) is 11.5 Å². The van der Waals surface area contributed by atoms with E-state index in [1.165, 1.54) is 0 Å². The van der Waals surface area contributed by atoms with Gasteiger partial charge in [0.05, 0.1) is 0 Å². The first-order chi connectivity index (χ1) is 9.24. The third-order valence-electron chi connectivity index (χ3n) is 2.74. The first kappa shape index (κ1) is 11.6. The number of rotatable bonds is 3. The van der Waals surface area contributed by atoms with Crippen LogP contribution in [0.3, 0.4) is 0 Å². The average Bonchev–Trinajstić information content (AvgIpc) is 2.85. The zero-order chi connectivity index (χ0) is 13.2. The number of aromatic nitrogens is 2. The van der Waals surface area contributed by atoms with Gasteiger partial charge in [-0.15, -0.1) is 0 Å². The molecule has 6 nitrogen and oxygen atoms in total. The summed E-state index contributed by atoms with van der Waals surface area (Å²) in [7, 11) is 1.83. The summed E-state index contributed by atoms with van der Waals surface area (Å²) in [4.78, 5) is 8.67. The lowest BCUT2D eigenvalue weighted by Gasteiger charge is -2.08. The summed E-state index contributed by atoms with van der Waals surface area (Å²) < 4.78 is 10.6. The fourth-order valence-corrected chi connectivity index (χ4v) is 1.86. The monoisotopic (exact) mass is 258 g/mol. The van der Waals surface area contributed by atoms with Crippen LogP contribution in [-0.4, -0.2) is 23.8 Å². The minimum absolute atomic E-state index is 0.267. The van der Waals surface area contributed by atoms with Crippen LogP contribution in [-0.2, 0) is 0 Å². The minimum atomic E-state index is 0.267. The number of nitrogens with zero attached hydrogens (tertiary/aromatic N) is 2. The Morgan fingerprint density at radius 1 is 1.11 bits per heavy atom. The molecule has 0 saturated heterocycles. The van der Waals surface area contributed by atoms with Gasteiger partial charge in [-0.25, -0.2) is 4.98 Å². The molecule has 0 saturated carbocycles. The van der Waals surface area contributed by atoms with E-state index in [2.05, 4.69) is 20.6 Å². The van der Waals surface area contributed by atoms with Crippen molar-refractivity contribution in [3.05, 3.63) is 30.0 Å². The topological polar surface area (TPSA) is 68.3 Å². The van der Waals surface area contributed by atoms with Crippen molar-refractivity contribution in [2.75, 3.05) is 24.5 Å². The van der Waals surface area contributed by atoms with Gasteiger partial charge in [-0.3, -0.25) is 0 Å². The number of fused-ring (bicyclic) bond motifs is 1. The van der Waals surface area contributed by atoms with Crippen molar-refractivity contribution in [2.24, 2.45) is 0 Å². The van der Waals surface area contributed by atoms with Gasteiger partial charge in [0.25, 0.3) is 0 Å². The van der Waals surface area contributed by atoms with Gasteiger partial charge in [0.15, 0.2) is 11.5 Å². The largest absolute Gasteiger partial charge is 0.454 e. The number of aryl methyl sites for hydroxylation is 1. The molecule has 0 unspecified atom stereocenters. The fraction of sp³-hybridized carbons (Fsp3) is 0.231. The van der Waals surface area contributed by atoms with E-state index in [0.29, 0.717) is 5.95 Å². The molecule has 0 aliphatic carbocycles. The van der Waals surface area contributed by atoms with Crippen molar-refractivity contribution in [1.29, 1.82) is 0 Å². The van der Waals surface area contributed by atoms with Crippen molar-refractivity contribution in [3.8, 4) is 11.5 Å². The zero-order valence-corrected chi connectivity index (χ0v) is 10.7. The van der Waals surface area contributed by atoms with Crippen LogP contribution in [0.1, 0.15) is 5.69 Å². The molecule has 3 rings (SSSR count). The van der Waals surface area contributed by atoms with E-state index in [0.717, 1.165) is 28.7 Å². The maximum atomic E-state index is 5.33. The Kier molecular flexibility index (Phi) is 2.83. The number of hydrogen-bond acceptors (Lipinski definition) is 6. The van der Waals surface area contributed by atoms with Crippen LogP contribution >= 0.6 is 0 Å². The molecule has 2 heterocycles. The van der Waals surface area contributed by atoms with E-state index < -0.39 is 0 Å². The highest BCUT2D eigenvalue weighted by molar-refractivity contribution is 5.61. The fourth-order valence-electron chi connectivity index (χ4n) is 1.86. The first-order valence-corrected chi connectivity index (χ1v) is 5.95. The summed E-state index contributed by atoms with van der Waals surface area (Å²) in [5, 5.41) is 6.15. The Hall–Kier alpha value is -2.50. The van der Waals surface area contributed by atoms with Crippen LogP contribution in [0.4, 0.5) is 17.5 Å². The molecule has 0 fully saturated rings. The number of ether oxygens (including phenoxy) is 2. The molecular weight excluding hydrogens is 244 g/mol.